The maximum atomic E-state index is 17.6. The summed E-state index contributed by atoms with van der Waals surface area (Å²) < 4.78 is 37.9. The number of nitrogens with zero attached hydrogens (tertiary/aromatic N) is 2. The molecule has 7 aromatic rings. The summed E-state index contributed by atoms with van der Waals surface area (Å²) in [5.41, 5.74) is 4.61. The first-order valence-electron chi connectivity index (χ1n) is 13.5. The zero-order valence-corrected chi connectivity index (χ0v) is 21.5. The minimum absolute atomic E-state index is 0.534. The Morgan fingerprint density at radius 2 is 0.775 bits per heavy atom. The van der Waals surface area contributed by atoms with Gasteiger partial charge in [0.25, 0.3) is 0 Å². The molecule has 0 aliphatic carbocycles. The largest absolute Gasteiger partial charge is 0.535 e. The van der Waals surface area contributed by atoms with Crippen molar-refractivity contribution in [2.45, 2.75) is 0 Å². The van der Waals surface area contributed by atoms with E-state index < -0.39 is 6.97 Å². The van der Waals surface area contributed by atoms with E-state index >= 15 is 8.63 Å². The topological polar surface area (TPSA) is 9.86 Å². The first-order valence-corrected chi connectivity index (χ1v) is 13.5. The van der Waals surface area contributed by atoms with Crippen molar-refractivity contribution in [1.29, 1.82) is 0 Å². The normalized spacial score (nSPS) is 13.9. The van der Waals surface area contributed by atoms with Gasteiger partial charge in [-0.15, -0.1) is 0 Å². The van der Waals surface area contributed by atoms with Gasteiger partial charge in [0.05, 0.1) is 27.7 Å². The molecule has 0 saturated carbocycles. The van der Waals surface area contributed by atoms with Gasteiger partial charge in [-0.1, -0.05) is 84.9 Å². The average molecular weight is 520 g/mol. The smallest absolute Gasteiger partial charge is 0.437 e. The highest BCUT2D eigenvalue weighted by atomic mass is 19.2. The van der Waals surface area contributed by atoms with Crippen molar-refractivity contribution in [3.63, 3.8) is 0 Å². The third-order valence-corrected chi connectivity index (χ3v) is 8.09. The average Bonchev–Trinajstić information content (AvgIpc) is 3.55. The zero-order chi connectivity index (χ0) is 26.8. The van der Waals surface area contributed by atoms with E-state index in [1.54, 1.807) is 0 Å². The van der Waals surface area contributed by atoms with Crippen molar-refractivity contribution in [3.8, 4) is 22.5 Å². The number of halogens is 2. The minimum atomic E-state index is -4.31. The van der Waals surface area contributed by atoms with Crippen molar-refractivity contribution in [2.24, 2.45) is 0 Å². The number of hydrogen-bond acceptors (Lipinski definition) is 0. The van der Waals surface area contributed by atoms with E-state index in [1.807, 2.05) is 140 Å². The van der Waals surface area contributed by atoms with Crippen LogP contribution in [0.3, 0.4) is 0 Å². The Hall–Kier alpha value is -5.03. The number of benzene rings is 5. The lowest BCUT2D eigenvalue weighted by molar-refractivity contribution is 0.526. The molecule has 40 heavy (non-hydrogen) atoms. The molecule has 1 aliphatic rings. The van der Waals surface area contributed by atoms with E-state index in [2.05, 4.69) is 0 Å². The molecular formula is C35H23BF2N2. The lowest BCUT2D eigenvalue weighted by Gasteiger charge is -2.40. The molecule has 0 bridgehead atoms. The van der Waals surface area contributed by atoms with Gasteiger partial charge in [0, 0.05) is 34.3 Å². The summed E-state index contributed by atoms with van der Waals surface area (Å²) in [5.74, 6) is 0.810. The fraction of sp³-hybridized carbons (Fsp3) is 0. The minimum Gasteiger partial charge on any atom is -0.437 e. The highest BCUT2D eigenvalue weighted by Gasteiger charge is 2.50. The number of fused-ring (bicyclic) bond motifs is 6. The van der Waals surface area contributed by atoms with Crippen LogP contribution in [0.25, 0.3) is 44.1 Å². The Balaban J connectivity index is 1.61. The van der Waals surface area contributed by atoms with Gasteiger partial charge in [-0.3, -0.25) is 0 Å². The summed E-state index contributed by atoms with van der Waals surface area (Å²) in [5, 5.41) is 3.27. The summed E-state index contributed by atoms with van der Waals surface area (Å²) in [7, 11) is 0. The van der Waals surface area contributed by atoms with E-state index in [0.29, 0.717) is 22.8 Å². The molecule has 3 heterocycles. The van der Waals surface area contributed by atoms with E-state index in [1.165, 1.54) is 8.96 Å². The van der Waals surface area contributed by atoms with Crippen LogP contribution >= 0.6 is 0 Å². The zero-order valence-electron chi connectivity index (χ0n) is 21.5. The van der Waals surface area contributed by atoms with Gasteiger partial charge in [-0.2, -0.15) is 0 Å². The Morgan fingerprint density at radius 3 is 1.20 bits per heavy atom. The summed E-state index contributed by atoms with van der Waals surface area (Å²) in [6.45, 7) is -4.31. The van der Waals surface area contributed by atoms with Crippen molar-refractivity contribution in [3.05, 3.63) is 162 Å². The molecule has 190 valence electrons. The number of aromatic nitrogens is 2. The van der Waals surface area contributed by atoms with Crippen LogP contribution in [0, 0.1) is 5.92 Å². The number of rotatable bonds is 3. The first-order chi connectivity index (χ1) is 19.7. The van der Waals surface area contributed by atoms with E-state index in [4.69, 9.17) is 0 Å². The molecule has 0 atom stereocenters. The van der Waals surface area contributed by atoms with Crippen molar-refractivity contribution < 1.29 is 8.63 Å². The van der Waals surface area contributed by atoms with Crippen LogP contribution in [-0.4, -0.2) is 15.9 Å². The molecule has 0 spiro atoms. The van der Waals surface area contributed by atoms with Crippen LogP contribution in [0.4, 0.5) is 8.63 Å². The maximum Gasteiger partial charge on any atom is 0.535 e. The van der Waals surface area contributed by atoms with E-state index in [9.17, 15) is 0 Å². The fourth-order valence-corrected chi connectivity index (χ4v) is 6.55. The molecular weight excluding hydrogens is 497 g/mol. The highest BCUT2D eigenvalue weighted by molar-refractivity contribution is 6.66. The van der Waals surface area contributed by atoms with Gasteiger partial charge < -0.3 is 17.6 Å². The van der Waals surface area contributed by atoms with Crippen LogP contribution in [0.5, 0.6) is 0 Å². The standard InChI is InChI=1S/C35H23BF2N2/c37-36(38)39-32(25-16-6-2-7-17-25)27-20-10-12-22-29(27)34(39)31(24-14-4-1-5-15-24)35-30-23-13-11-21-28(30)33(40(35)36)26-18-8-3-9-19-26/h1-23H. The van der Waals surface area contributed by atoms with Gasteiger partial charge in [0.2, 0.25) is 0 Å². The summed E-state index contributed by atoms with van der Waals surface area (Å²) >= 11 is 0. The predicted octanol–water partition coefficient (Wildman–Crippen LogP) is 9.03. The summed E-state index contributed by atoms with van der Waals surface area (Å²) in [6.07, 6.45) is 0. The molecule has 0 unspecified atom stereocenters. The molecule has 0 N–H and O–H groups in total. The third-order valence-electron chi connectivity index (χ3n) is 8.09. The van der Waals surface area contributed by atoms with Crippen molar-refractivity contribution >= 4 is 28.5 Å². The predicted molar refractivity (Wildman–Crippen MR) is 161 cm³/mol. The van der Waals surface area contributed by atoms with Gasteiger partial charge in [0.1, 0.15) is 5.92 Å². The fourth-order valence-electron chi connectivity index (χ4n) is 6.55. The van der Waals surface area contributed by atoms with Crippen molar-refractivity contribution in [2.75, 3.05) is 0 Å². The molecule has 0 radical (unpaired) electrons. The molecule has 0 amide bonds. The molecule has 5 aromatic carbocycles. The van der Waals surface area contributed by atoms with Crippen molar-refractivity contribution in [1.82, 2.24) is 8.96 Å². The SMILES string of the molecule is F[B-]1(F)n2c(-c3ccccc3)c3ccccc3c2[C+](c2ccccc2)c2c3ccccc3c(-c3ccccc3)n21. The molecule has 0 fully saturated rings. The number of hydrogen-bond donors (Lipinski definition) is 0. The maximum absolute atomic E-state index is 17.6. The van der Waals surface area contributed by atoms with Crippen LogP contribution in [0.1, 0.15) is 17.0 Å². The quantitative estimate of drug-likeness (QED) is 0.163. The van der Waals surface area contributed by atoms with Gasteiger partial charge >= 0.3 is 6.97 Å². The van der Waals surface area contributed by atoms with Crippen LogP contribution in [0.2, 0.25) is 0 Å². The monoisotopic (exact) mass is 520 g/mol. The summed E-state index contributed by atoms with van der Waals surface area (Å²) in [6, 6.07) is 44.7. The van der Waals surface area contributed by atoms with Gasteiger partial charge in [-0.25, -0.2) is 0 Å². The Morgan fingerprint density at radius 1 is 0.425 bits per heavy atom. The Kier molecular flexibility index (Phi) is 4.86. The molecule has 2 nitrogen and oxygen atoms in total. The Labute approximate surface area is 230 Å². The Bertz CT molecular complexity index is 1900. The van der Waals surface area contributed by atoms with Gasteiger partial charge in [0.15, 0.2) is 0 Å². The molecule has 5 heteroatoms. The highest BCUT2D eigenvalue weighted by Crippen LogP contribution is 2.52. The third kappa shape index (κ3) is 3.06. The lowest BCUT2D eigenvalue weighted by Crippen LogP contribution is -2.49. The van der Waals surface area contributed by atoms with Crippen LogP contribution in [-0.2, 0) is 0 Å². The second-order valence-electron chi connectivity index (χ2n) is 10.3. The molecule has 2 aromatic heterocycles. The summed E-state index contributed by atoms with van der Waals surface area (Å²) in [4.78, 5) is 0. The first kappa shape index (κ1) is 22.9. The van der Waals surface area contributed by atoms with Crippen LogP contribution < -0.4 is 0 Å². The molecule has 1 aliphatic heterocycles. The second-order valence-corrected chi connectivity index (χ2v) is 10.3. The van der Waals surface area contributed by atoms with E-state index in [0.717, 1.165) is 44.2 Å². The van der Waals surface area contributed by atoms with E-state index in [-0.39, 0.29) is 0 Å². The molecule has 0 saturated heterocycles. The second kappa shape index (κ2) is 8.49. The lowest BCUT2D eigenvalue weighted by atomic mass is 9.80. The van der Waals surface area contributed by atoms with Gasteiger partial charge in [-0.05, 0) is 53.6 Å². The molecule has 8 rings (SSSR count). The van der Waals surface area contributed by atoms with Crippen LogP contribution in [0.15, 0.2) is 140 Å².